The molecule has 16 heavy (non-hydrogen) atoms. The van der Waals surface area contributed by atoms with Gasteiger partial charge in [0.1, 0.15) is 11.9 Å². The molecule has 3 nitrogen and oxygen atoms in total. The highest BCUT2D eigenvalue weighted by atomic mass is 79.9. The van der Waals surface area contributed by atoms with Crippen LogP contribution >= 0.6 is 15.9 Å². The smallest absolute Gasteiger partial charge is 0.252 e. The summed E-state index contributed by atoms with van der Waals surface area (Å²) in [5.74, 6) is -0.946. The highest BCUT2D eigenvalue weighted by Crippen LogP contribution is 2.14. The average Bonchev–Trinajstić information content (AvgIpc) is 2.24. The van der Waals surface area contributed by atoms with Gasteiger partial charge in [-0.2, -0.15) is 5.26 Å². The summed E-state index contributed by atoms with van der Waals surface area (Å²) >= 11 is 3.10. The molecule has 0 aliphatic rings. The van der Waals surface area contributed by atoms with E-state index in [9.17, 15) is 9.18 Å². The molecule has 0 fully saturated rings. The molecule has 1 rings (SSSR count). The van der Waals surface area contributed by atoms with Crippen molar-refractivity contribution in [3.05, 3.63) is 34.1 Å². The molecule has 84 valence electrons. The monoisotopic (exact) mass is 284 g/mol. The minimum absolute atomic E-state index is 0.195. The molecule has 0 aliphatic heterocycles. The van der Waals surface area contributed by atoms with Gasteiger partial charge in [-0.3, -0.25) is 4.79 Å². The van der Waals surface area contributed by atoms with Crippen LogP contribution < -0.4 is 5.32 Å². The normalized spacial score (nSPS) is 11.6. The van der Waals surface area contributed by atoms with Crippen LogP contribution in [0.3, 0.4) is 0 Å². The maximum Gasteiger partial charge on any atom is 0.252 e. The number of hydrogen-bond donors (Lipinski definition) is 1. The summed E-state index contributed by atoms with van der Waals surface area (Å²) in [6.45, 7) is 1.79. The van der Waals surface area contributed by atoms with Gasteiger partial charge in [0.25, 0.3) is 5.91 Å². The average molecular weight is 285 g/mol. The molecular weight excluding hydrogens is 275 g/mol. The predicted molar refractivity (Wildman–Crippen MR) is 61.3 cm³/mol. The van der Waals surface area contributed by atoms with E-state index in [1.165, 1.54) is 12.1 Å². The van der Waals surface area contributed by atoms with Crippen LogP contribution in [0.15, 0.2) is 22.7 Å². The lowest BCUT2D eigenvalue weighted by atomic mass is 10.2. The van der Waals surface area contributed by atoms with Gasteiger partial charge in [0.2, 0.25) is 0 Å². The lowest BCUT2D eigenvalue weighted by Crippen LogP contribution is -2.33. The SMILES string of the molecule is CCC(C#N)NC(=O)c1cc(F)cc(Br)c1. The third-order valence-corrected chi connectivity index (χ3v) is 2.45. The standard InChI is InChI=1S/C11H10BrFN2O/c1-2-10(6-14)15-11(16)7-3-8(12)5-9(13)4-7/h3-5,10H,2H2,1H3,(H,15,16). The van der Waals surface area contributed by atoms with E-state index in [-0.39, 0.29) is 5.56 Å². The number of nitrogens with zero attached hydrogens (tertiary/aromatic N) is 1. The zero-order valence-corrected chi connectivity index (χ0v) is 10.2. The fourth-order valence-corrected chi connectivity index (χ4v) is 1.62. The Morgan fingerprint density at radius 2 is 2.31 bits per heavy atom. The molecule has 0 bridgehead atoms. The minimum Gasteiger partial charge on any atom is -0.336 e. The van der Waals surface area contributed by atoms with Gasteiger partial charge in [0.05, 0.1) is 6.07 Å². The van der Waals surface area contributed by atoms with Gasteiger partial charge >= 0.3 is 0 Å². The molecule has 0 aliphatic carbocycles. The first-order valence-corrected chi connectivity index (χ1v) is 5.52. The van der Waals surface area contributed by atoms with Crippen molar-refractivity contribution >= 4 is 21.8 Å². The van der Waals surface area contributed by atoms with E-state index in [1.54, 1.807) is 6.92 Å². The van der Waals surface area contributed by atoms with Gasteiger partial charge in [0, 0.05) is 10.0 Å². The number of nitriles is 1. The Hall–Kier alpha value is -1.41. The largest absolute Gasteiger partial charge is 0.336 e. The van der Waals surface area contributed by atoms with Crippen LogP contribution in [0.5, 0.6) is 0 Å². The molecule has 0 spiro atoms. The Morgan fingerprint density at radius 3 is 2.81 bits per heavy atom. The van der Waals surface area contributed by atoms with Crippen molar-refractivity contribution < 1.29 is 9.18 Å². The third kappa shape index (κ3) is 3.31. The Bertz CT molecular complexity index is 422. The van der Waals surface area contributed by atoms with Gasteiger partial charge < -0.3 is 5.32 Å². The van der Waals surface area contributed by atoms with Crippen molar-refractivity contribution in [1.29, 1.82) is 5.26 Å². The van der Waals surface area contributed by atoms with Crippen molar-refractivity contribution in [2.24, 2.45) is 0 Å². The molecule has 1 unspecified atom stereocenters. The van der Waals surface area contributed by atoms with Gasteiger partial charge in [-0.1, -0.05) is 22.9 Å². The Balaban J connectivity index is 2.85. The Kier molecular flexibility index (Phi) is 4.44. The summed E-state index contributed by atoms with van der Waals surface area (Å²) in [5.41, 5.74) is 0.195. The summed E-state index contributed by atoms with van der Waals surface area (Å²) in [7, 11) is 0. The zero-order valence-electron chi connectivity index (χ0n) is 8.63. The van der Waals surface area contributed by atoms with Gasteiger partial charge in [-0.05, 0) is 24.6 Å². The fraction of sp³-hybridized carbons (Fsp3) is 0.273. The van der Waals surface area contributed by atoms with Gasteiger partial charge in [-0.15, -0.1) is 0 Å². The van der Waals surface area contributed by atoms with Crippen molar-refractivity contribution in [1.82, 2.24) is 5.32 Å². The maximum atomic E-state index is 13.0. The topological polar surface area (TPSA) is 52.9 Å². The van der Waals surface area contributed by atoms with E-state index in [0.717, 1.165) is 6.07 Å². The molecule has 1 atom stereocenters. The Labute approximate surface area is 101 Å². The highest BCUT2D eigenvalue weighted by molar-refractivity contribution is 9.10. The number of nitrogens with one attached hydrogen (secondary N) is 1. The number of amides is 1. The summed E-state index contributed by atoms with van der Waals surface area (Å²) in [5, 5.41) is 11.2. The van der Waals surface area contributed by atoms with Gasteiger partial charge in [-0.25, -0.2) is 4.39 Å². The summed E-state index contributed by atoms with van der Waals surface area (Å²) < 4.78 is 13.5. The molecule has 0 aromatic heterocycles. The number of rotatable bonds is 3. The number of carbonyl (C=O) groups excluding carboxylic acids is 1. The van der Waals surface area contributed by atoms with Crippen LogP contribution in [-0.4, -0.2) is 11.9 Å². The van der Waals surface area contributed by atoms with E-state index < -0.39 is 17.8 Å². The number of hydrogen-bond acceptors (Lipinski definition) is 2. The molecule has 1 aromatic carbocycles. The fourth-order valence-electron chi connectivity index (χ4n) is 1.15. The Morgan fingerprint density at radius 1 is 1.62 bits per heavy atom. The molecule has 0 saturated heterocycles. The molecule has 0 saturated carbocycles. The second kappa shape index (κ2) is 5.61. The summed E-state index contributed by atoms with van der Waals surface area (Å²) in [6.07, 6.45) is 0.513. The van der Waals surface area contributed by atoms with E-state index in [2.05, 4.69) is 21.2 Å². The molecule has 1 aromatic rings. The minimum atomic E-state index is -0.547. The predicted octanol–water partition coefficient (Wildman–Crippen LogP) is 2.62. The van der Waals surface area contributed by atoms with Crippen LogP contribution in [-0.2, 0) is 0 Å². The number of benzene rings is 1. The number of halogens is 2. The molecule has 1 amide bonds. The van der Waals surface area contributed by atoms with Crippen LogP contribution in [0.25, 0.3) is 0 Å². The molecule has 1 N–H and O–H groups in total. The van der Waals surface area contributed by atoms with Crippen molar-refractivity contribution in [2.75, 3.05) is 0 Å². The lowest BCUT2D eigenvalue weighted by molar-refractivity contribution is 0.0944. The van der Waals surface area contributed by atoms with E-state index >= 15 is 0 Å². The first kappa shape index (κ1) is 12.7. The first-order valence-electron chi connectivity index (χ1n) is 4.73. The van der Waals surface area contributed by atoms with Crippen molar-refractivity contribution in [3.8, 4) is 6.07 Å². The molecule has 0 heterocycles. The first-order chi connectivity index (χ1) is 7.56. The quantitative estimate of drug-likeness (QED) is 0.928. The van der Waals surface area contributed by atoms with E-state index in [1.807, 2.05) is 6.07 Å². The van der Waals surface area contributed by atoms with Crippen LogP contribution in [0.1, 0.15) is 23.7 Å². The number of carbonyl (C=O) groups is 1. The summed E-state index contributed by atoms with van der Waals surface area (Å²) in [4.78, 5) is 11.6. The maximum absolute atomic E-state index is 13.0. The second-order valence-electron chi connectivity index (χ2n) is 3.22. The van der Waals surface area contributed by atoms with Crippen LogP contribution in [0.4, 0.5) is 4.39 Å². The van der Waals surface area contributed by atoms with E-state index in [0.29, 0.717) is 10.9 Å². The zero-order chi connectivity index (χ0) is 12.1. The second-order valence-corrected chi connectivity index (χ2v) is 4.14. The molecule has 0 radical (unpaired) electrons. The molecular formula is C11H10BrFN2O. The van der Waals surface area contributed by atoms with E-state index in [4.69, 9.17) is 5.26 Å². The summed E-state index contributed by atoms with van der Waals surface area (Å²) in [6, 6.07) is 5.29. The third-order valence-electron chi connectivity index (χ3n) is 1.99. The molecule has 5 heteroatoms. The van der Waals surface area contributed by atoms with Crippen LogP contribution in [0.2, 0.25) is 0 Å². The highest BCUT2D eigenvalue weighted by Gasteiger charge is 2.12. The van der Waals surface area contributed by atoms with Crippen LogP contribution in [0, 0.1) is 17.1 Å². The van der Waals surface area contributed by atoms with Crippen molar-refractivity contribution in [3.63, 3.8) is 0 Å². The van der Waals surface area contributed by atoms with Gasteiger partial charge in [0.15, 0.2) is 0 Å². The lowest BCUT2D eigenvalue weighted by Gasteiger charge is -2.09. The van der Waals surface area contributed by atoms with Crippen molar-refractivity contribution in [2.45, 2.75) is 19.4 Å².